The smallest absolute Gasteiger partial charge is 0.0867 e. The third kappa shape index (κ3) is 1.36. The molecule has 1 aliphatic heterocycles. The summed E-state index contributed by atoms with van der Waals surface area (Å²) in [5.41, 5.74) is 2.93. The zero-order chi connectivity index (χ0) is 9.38. The molecule has 0 aromatic rings. The van der Waals surface area contributed by atoms with Gasteiger partial charge in [-0.15, -0.1) is 0 Å². The second-order valence-corrected chi connectivity index (χ2v) is 4.41. The van der Waals surface area contributed by atoms with Crippen LogP contribution >= 0.6 is 0 Å². The molecule has 0 aromatic carbocycles. The van der Waals surface area contributed by atoms with E-state index in [1.165, 1.54) is 36.8 Å². The minimum Gasteiger partial charge on any atom is -0.366 e. The first kappa shape index (κ1) is 8.49. The van der Waals surface area contributed by atoms with Crippen LogP contribution in [0.3, 0.4) is 0 Å². The zero-order valence-corrected chi connectivity index (χ0v) is 8.41. The summed E-state index contributed by atoms with van der Waals surface area (Å²) in [5, 5.41) is 0. The molecule has 1 nitrogen and oxygen atoms in total. The molecule has 0 radical (unpaired) electrons. The van der Waals surface area contributed by atoms with Crippen molar-refractivity contribution in [2.45, 2.75) is 44.3 Å². The molecule has 1 heteroatoms. The fourth-order valence-corrected chi connectivity index (χ4v) is 2.64. The molecule has 14 heavy (non-hydrogen) atoms. The van der Waals surface area contributed by atoms with Crippen molar-refractivity contribution in [1.82, 2.24) is 0 Å². The number of ether oxygens (including phenoxy) is 1. The molecule has 0 amide bonds. The van der Waals surface area contributed by atoms with Crippen molar-refractivity contribution in [1.29, 1.82) is 0 Å². The van der Waals surface area contributed by atoms with Crippen molar-refractivity contribution in [3.8, 4) is 0 Å². The second kappa shape index (κ2) is 3.39. The highest BCUT2D eigenvalue weighted by Gasteiger charge is 2.29. The van der Waals surface area contributed by atoms with Gasteiger partial charge >= 0.3 is 0 Å². The van der Waals surface area contributed by atoms with Gasteiger partial charge in [0.15, 0.2) is 0 Å². The third-order valence-electron chi connectivity index (χ3n) is 3.42. The third-order valence-corrected chi connectivity index (χ3v) is 3.42. The minimum atomic E-state index is 0.354. The van der Waals surface area contributed by atoms with Gasteiger partial charge in [0, 0.05) is 0 Å². The lowest BCUT2D eigenvalue weighted by molar-refractivity contribution is 0.0103. The van der Waals surface area contributed by atoms with Gasteiger partial charge in [-0.3, -0.25) is 0 Å². The molecule has 1 saturated carbocycles. The van der Waals surface area contributed by atoms with Crippen LogP contribution in [0.5, 0.6) is 0 Å². The van der Waals surface area contributed by atoms with E-state index in [-0.39, 0.29) is 0 Å². The Morgan fingerprint density at radius 2 is 2.21 bits per heavy atom. The molecule has 2 aliphatic carbocycles. The maximum atomic E-state index is 6.11. The van der Waals surface area contributed by atoms with Gasteiger partial charge in [0.2, 0.25) is 0 Å². The lowest BCUT2D eigenvalue weighted by Gasteiger charge is -2.35. The first-order chi connectivity index (χ1) is 6.93. The highest BCUT2D eigenvalue weighted by Crippen LogP contribution is 2.35. The molecular weight excluding hydrogens is 172 g/mol. The zero-order valence-electron chi connectivity index (χ0n) is 8.41. The molecular formula is C13H16O. The Kier molecular flexibility index (Phi) is 2.06. The van der Waals surface area contributed by atoms with Crippen molar-refractivity contribution < 1.29 is 4.74 Å². The molecule has 2 atom stereocenters. The summed E-state index contributed by atoms with van der Waals surface area (Å²) in [6.45, 7) is 0. The van der Waals surface area contributed by atoms with E-state index in [0.29, 0.717) is 12.2 Å². The first-order valence-electron chi connectivity index (χ1n) is 5.66. The van der Waals surface area contributed by atoms with Crippen molar-refractivity contribution in [2.24, 2.45) is 0 Å². The Hall–Kier alpha value is -0.820. The maximum absolute atomic E-state index is 6.11. The quantitative estimate of drug-likeness (QED) is 0.567. The Morgan fingerprint density at radius 1 is 1.21 bits per heavy atom. The van der Waals surface area contributed by atoms with Gasteiger partial charge in [-0.1, -0.05) is 30.7 Å². The van der Waals surface area contributed by atoms with Gasteiger partial charge in [-0.25, -0.2) is 0 Å². The average molecular weight is 188 g/mol. The van der Waals surface area contributed by atoms with Crippen LogP contribution in [-0.2, 0) is 4.74 Å². The highest BCUT2D eigenvalue weighted by atomic mass is 16.5. The van der Waals surface area contributed by atoms with Crippen LogP contribution in [0.2, 0.25) is 0 Å². The molecule has 3 rings (SSSR count). The summed E-state index contributed by atoms with van der Waals surface area (Å²) in [5.74, 6) is 0. The predicted molar refractivity (Wildman–Crippen MR) is 57.1 cm³/mol. The van der Waals surface area contributed by atoms with Gasteiger partial charge in [0.1, 0.15) is 0 Å². The van der Waals surface area contributed by atoms with Crippen LogP contribution in [-0.4, -0.2) is 12.2 Å². The van der Waals surface area contributed by atoms with Crippen molar-refractivity contribution in [3.05, 3.63) is 35.5 Å². The topological polar surface area (TPSA) is 9.23 Å². The molecule has 1 heterocycles. The van der Waals surface area contributed by atoms with Crippen molar-refractivity contribution in [3.63, 3.8) is 0 Å². The summed E-state index contributed by atoms with van der Waals surface area (Å²) in [6.07, 6.45) is 16.0. The monoisotopic (exact) mass is 188 g/mol. The first-order valence-corrected chi connectivity index (χ1v) is 5.66. The van der Waals surface area contributed by atoms with Crippen molar-refractivity contribution in [2.75, 3.05) is 0 Å². The van der Waals surface area contributed by atoms with E-state index in [0.717, 1.165) is 6.42 Å². The van der Waals surface area contributed by atoms with Crippen LogP contribution in [0.4, 0.5) is 0 Å². The SMILES string of the molecule is C1=CCC2OC3CCCCC3=CC2=C1. The molecule has 0 spiro atoms. The summed E-state index contributed by atoms with van der Waals surface area (Å²) >= 11 is 0. The molecule has 0 saturated heterocycles. The summed E-state index contributed by atoms with van der Waals surface area (Å²) in [7, 11) is 0. The molecule has 3 aliphatic rings. The Bertz CT molecular complexity index is 322. The lowest BCUT2D eigenvalue weighted by Crippen LogP contribution is -2.31. The van der Waals surface area contributed by atoms with Crippen LogP contribution < -0.4 is 0 Å². The van der Waals surface area contributed by atoms with E-state index >= 15 is 0 Å². The van der Waals surface area contributed by atoms with E-state index in [1.54, 1.807) is 0 Å². The summed E-state index contributed by atoms with van der Waals surface area (Å²) < 4.78 is 6.11. The fraction of sp³-hybridized carbons (Fsp3) is 0.538. The van der Waals surface area contributed by atoms with E-state index in [9.17, 15) is 0 Å². The van der Waals surface area contributed by atoms with Crippen molar-refractivity contribution >= 4 is 0 Å². The highest BCUT2D eigenvalue weighted by molar-refractivity contribution is 5.38. The molecule has 0 bridgehead atoms. The molecule has 1 fully saturated rings. The van der Waals surface area contributed by atoms with E-state index in [2.05, 4.69) is 24.3 Å². The fourth-order valence-electron chi connectivity index (χ4n) is 2.64. The van der Waals surface area contributed by atoms with Crippen LogP contribution in [0.15, 0.2) is 35.5 Å². The number of fused-ring (bicyclic) bond motifs is 2. The van der Waals surface area contributed by atoms with Gasteiger partial charge in [-0.2, -0.15) is 0 Å². The molecule has 74 valence electrons. The van der Waals surface area contributed by atoms with E-state index in [4.69, 9.17) is 4.74 Å². The second-order valence-electron chi connectivity index (χ2n) is 4.41. The largest absolute Gasteiger partial charge is 0.366 e. The minimum absolute atomic E-state index is 0.354. The predicted octanol–water partition coefficient (Wildman–Crippen LogP) is 3.14. The maximum Gasteiger partial charge on any atom is 0.0867 e. The van der Waals surface area contributed by atoms with Gasteiger partial charge in [-0.05, 0) is 36.8 Å². The number of rotatable bonds is 0. The molecule has 2 unspecified atom stereocenters. The molecule has 0 aromatic heterocycles. The Labute approximate surface area is 85.1 Å². The Morgan fingerprint density at radius 3 is 3.21 bits per heavy atom. The normalized spacial score (nSPS) is 35.4. The lowest BCUT2D eigenvalue weighted by atomic mass is 9.86. The standard InChI is InChI=1S/C13H16O/c1-3-7-12-10(5-1)9-11-6-2-4-8-13(11)14-12/h1,3,5,9,12-13H,2,4,6-8H2. The average Bonchev–Trinajstić information content (AvgIpc) is 2.26. The van der Waals surface area contributed by atoms with E-state index in [1.807, 2.05) is 0 Å². The summed E-state index contributed by atoms with van der Waals surface area (Å²) in [4.78, 5) is 0. The van der Waals surface area contributed by atoms with Crippen LogP contribution in [0.25, 0.3) is 0 Å². The van der Waals surface area contributed by atoms with Gasteiger partial charge in [0.25, 0.3) is 0 Å². The Balaban J connectivity index is 1.92. The molecule has 0 N–H and O–H groups in total. The number of allylic oxidation sites excluding steroid dienone is 2. The summed E-state index contributed by atoms with van der Waals surface area (Å²) in [6, 6.07) is 0. The van der Waals surface area contributed by atoms with Gasteiger partial charge in [0.05, 0.1) is 12.2 Å². The van der Waals surface area contributed by atoms with Gasteiger partial charge < -0.3 is 4.74 Å². The van der Waals surface area contributed by atoms with E-state index < -0.39 is 0 Å². The number of hydrogen-bond acceptors (Lipinski definition) is 1. The number of hydrogen-bond donors (Lipinski definition) is 0. The van der Waals surface area contributed by atoms with Crippen LogP contribution in [0, 0.1) is 0 Å². The van der Waals surface area contributed by atoms with Crippen LogP contribution in [0.1, 0.15) is 32.1 Å².